The summed E-state index contributed by atoms with van der Waals surface area (Å²) in [5.41, 5.74) is 5.85. The van der Waals surface area contributed by atoms with E-state index in [0.717, 1.165) is 11.3 Å². The first-order valence-electron chi connectivity index (χ1n) is 4.53. The van der Waals surface area contributed by atoms with Crippen molar-refractivity contribution in [1.29, 1.82) is 0 Å². The maximum absolute atomic E-state index is 11.6. The molecule has 0 fully saturated rings. The lowest BCUT2D eigenvalue weighted by Crippen LogP contribution is -2.35. The van der Waals surface area contributed by atoms with Gasteiger partial charge in [-0.1, -0.05) is 11.3 Å². The number of hydrogen-bond donors (Lipinski definition) is 2. The summed E-state index contributed by atoms with van der Waals surface area (Å²) in [4.78, 5) is 15.7. The van der Waals surface area contributed by atoms with Gasteiger partial charge in [-0.05, 0) is 20.8 Å². The Bertz CT molecular complexity index is 505. The summed E-state index contributed by atoms with van der Waals surface area (Å²) in [6.45, 7) is 4.58. The summed E-state index contributed by atoms with van der Waals surface area (Å²) in [7, 11) is -3.61. The van der Waals surface area contributed by atoms with Gasteiger partial charge in [0.1, 0.15) is 4.88 Å². The number of anilines is 1. The zero-order valence-electron chi connectivity index (χ0n) is 9.14. The second-order valence-electron chi connectivity index (χ2n) is 3.49. The number of sulfonamides is 1. The molecule has 0 aromatic carbocycles. The van der Waals surface area contributed by atoms with Gasteiger partial charge in [0.2, 0.25) is 10.0 Å². The number of aromatic nitrogens is 1. The molecule has 0 aliphatic heterocycles. The van der Waals surface area contributed by atoms with Crippen molar-refractivity contribution < 1.29 is 13.2 Å². The number of carbonyl (C=O) groups is 1. The molecule has 0 bridgehead atoms. The van der Waals surface area contributed by atoms with Crippen molar-refractivity contribution in [3.63, 3.8) is 0 Å². The Morgan fingerprint density at radius 1 is 1.50 bits per heavy atom. The summed E-state index contributed by atoms with van der Waals surface area (Å²) in [6.07, 6.45) is 0. The van der Waals surface area contributed by atoms with Crippen molar-refractivity contribution in [1.82, 2.24) is 9.71 Å². The lowest BCUT2D eigenvalue weighted by atomic mass is 10.4. The molecular weight excluding hydrogens is 250 g/mol. The molecule has 0 atom stereocenters. The predicted molar refractivity (Wildman–Crippen MR) is 62.8 cm³/mol. The number of nitrogens with one attached hydrogen (secondary N) is 1. The van der Waals surface area contributed by atoms with Gasteiger partial charge in [-0.25, -0.2) is 18.1 Å². The highest BCUT2D eigenvalue weighted by molar-refractivity contribution is 7.90. The van der Waals surface area contributed by atoms with E-state index in [1.165, 1.54) is 13.8 Å². The van der Waals surface area contributed by atoms with Crippen LogP contribution >= 0.6 is 11.3 Å². The number of carbonyl (C=O) groups excluding carboxylic acids is 1. The molecule has 0 aliphatic carbocycles. The molecule has 0 aliphatic rings. The normalized spacial score (nSPS) is 11.8. The molecule has 0 unspecified atom stereocenters. The van der Waals surface area contributed by atoms with Crippen molar-refractivity contribution in [2.24, 2.45) is 0 Å². The molecule has 1 rings (SSSR count). The van der Waals surface area contributed by atoms with Gasteiger partial charge >= 0.3 is 0 Å². The monoisotopic (exact) mass is 263 g/mol. The highest BCUT2D eigenvalue weighted by Gasteiger charge is 2.22. The second kappa shape index (κ2) is 4.38. The van der Waals surface area contributed by atoms with Crippen LogP contribution in [0.1, 0.15) is 29.2 Å². The topological polar surface area (TPSA) is 102 Å². The Labute approximate surface area is 97.9 Å². The lowest BCUT2D eigenvalue weighted by molar-refractivity contribution is 0.0984. The van der Waals surface area contributed by atoms with E-state index in [4.69, 9.17) is 5.73 Å². The Kier molecular flexibility index (Phi) is 3.54. The van der Waals surface area contributed by atoms with Crippen molar-refractivity contribution in [3.8, 4) is 0 Å². The van der Waals surface area contributed by atoms with Crippen LogP contribution in [0.5, 0.6) is 0 Å². The molecule has 1 amide bonds. The van der Waals surface area contributed by atoms with Crippen molar-refractivity contribution >= 4 is 32.4 Å². The Hall–Kier alpha value is -1.15. The number of aryl methyl sites for hydroxylation is 1. The van der Waals surface area contributed by atoms with Crippen molar-refractivity contribution in [2.45, 2.75) is 26.0 Å². The van der Waals surface area contributed by atoms with Crippen LogP contribution in [0.4, 0.5) is 5.13 Å². The molecule has 90 valence electrons. The van der Waals surface area contributed by atoms with Gasteiger partial charge in [-0.15, -0.1) is 0 Å². The maximum atomic E-state index is 11.6. The van der Waals surface area contributed by atoms with Crippen LogP contribution in [0.25, 0.3) is 0 Å². The van der Waals surface area contributed by atoms with Gasteiger partial charge in [0, 0.05) is 0 Å². The van der Waals surface area contributed by atoms with E-state index in [1.54, 1.807) is 6.92 Å². The first-order chi connectivity index (χ1) is 7.24. The highest BCUT2D eigenvalue weighted by atomic mass is 32.2. The third-order valence-electron chi connectivity index (χ3n) is 1.87. The van der Waals surface area contributed by atoms with Crippen LogP contribution in [0, 0.1) is 6.92 Å². The largest absolute Gasteiger partial charge is 0.375 e. The fourth-order valence-corrected chi connectivity index (χ4v) is 2.31. The SMILES string of the molecule is Cc1nc(N)sc1C(=O)NS(=O)(=O)C(C)C. The molecule has 0 radical (unpaired) electrons. The Morgan fingerprint density at radius 2 is 2.06 bits per heavy atom. The minimum absolute atomic E-state index is 0.224. The van der Waals surface area contributed by atoms with Crippen LogP contribution in [0.3, 0.4) is 0 Å². The molecule has 1 heterocycles. The number of nitrogens with zero attached hydrogens (tertiary/aromatic N) is 1. The zero-order valence-corrected chi connectivity index (χ0v) is 10.8. The maximum Gasteiger partial charge on any atom is 0.276 e. The summed E-state index contributed by atoms with van der Waals surface area (Å²) in [6, 6.07) is 0. The summed E-state index contributed by atoms with van der Waals surface area (Å²) in [5.74, 6) is -0.680. The number of rotatable bonds is 3. The fourth-order valence-electron chi connectivity index (χ4n) is 0.921. The quantitative estimate of drug-likeness (QED) is 0.826. The van der Waals surface area contributed by atoms with E-state index in [2.05, 4.69) is 4.98 Å². The van der Waals surface area contributed by atoms with Gasteiger partial charge in [-0.3, -0.25) is 4.79 Å². The standard InChI is InChI=1S/C8H13N3O3S2/c1-4(2)16(13,14)11-7(12)6-5(3)10-8(9)15-6/h4H,1-3H3,(H2,9,10)(H,11,12). The number of amides is 1. The molecule has 0 saturated carbocycles. The van der Waals surface area contributed by atoms with Gasteiger partial charge < -0.3 is 5.73 Å². The number of nitrogen functional groups attached to an aromatic ring is 1. The van der Waals surface area contributed by atoms with Crippen LogP contribution < -0.4 is 10.5 Å². The van der Waals surface area contributed by atoms with Crippen LogP contribution in [-0.4, -0.2) is 24.6 Å². The smallest absolute Gasteiger partial charge is 0.276 e. The van der Waals surface area contributed by atoms with E-state index in [0.29, 0.717) is 5.69 Å². The molecular formula is C8H13N3O3S2. The minimum atomic E-state index is -3.61. The summed E-state index contributed by atoms with van der Waals surface area (Å²) < 4.78 is 24.9. The molecule has 3 N–H and O–H groups in total. The van der Waals surface area contributed by atoms with E-state index in [1.807, 2.05) is 4.72 Å². The van der Waals surface area contributed by atoms with Crippen LogP contribution in [0.2, 0.25) is 0 Å². The van der Waals surface area contributed by atoms with Gasteiger partial charge in [0.05, 0.1) is 10.9 Å². The number of thiazole rings is 1. The minimum Gasteiger partial charge on any atom is -0.375 e. The third kappa shape index (κ3) is 2.70. The lowest BCUT2D eigenvalue weighted by Gasteiger charge is -2.08. The van der Waals surface area contributed by atoms with Gasteiger partial charge in [-0.2, -0.15) is 0 Å². The highest BCUT2D eigenvalue weighted by Crippen LogP contribution is 2.19. The molecule has 0 spiro atoms. The summed E-state index contributed by atoms with van der Waals surface area (Å²) >= 11 is 0.965. The molecule has 1 aromatic heterocycles. The average molecular weight is 263 g/mol. The Morgan fingerprint density at radius 3 is 2.44 bits per heavy atom. The van der Waals surface area contributed by atoms with E-state index < -0.39 is 21.2 Å². The molecule has 16 heavy (non-hydrogen) atoms. The molecule has 8 heteroatoms. The summed E-state index contributed by atoms with van der Waals surface area (Å²) in [5, 5.41) is -0.424. The van der Waals surface area contributed by atoms with Crippen molar-refractivity contribution in [2.75, 3.05) is 5.73 Å². The average Bonchev–Trinajstić information content (AvgIpc) is 2.44. The molecule has 0 saturated heterocycles. The van der Waals surface area contributed by atoms with Crippen LogP contribution in [-0.2, 0) is 10.0 Å². The van der Waals surface area contributed by atoms with Gasteiger partial charge in [0.15, 0.2) is 5.13 Å². The Balaban J connectivity index is 2.94. The fraction of sp³-hybridized carbons (Fsp3) is 0.500. The second-order valence-corrected chi connectivity index (χ2v) is 6.76. The first kappa shape index (κ1) is 12.9. The first-order valence-corrected chi connectivity index (χ1v) is 6.89. The third-order valence-corrected chi connectivity index (χ3v) is 4.57. The number of hydrogen-bond acceptors (Lipinski definition) is 6. The van der Waals surface area contributed by atoms with E-state index in [9.17, 15) is 13.2 Å². The molecule has 6 nitrogen and oxygen atoms in total. The number of nitrogens with two attached hydrogens (primary N) is 1. The van der Waals surface area contributed by atoms with E-state index in [-0.39, 0.29) is 10.0 Å². The zero-order chi connectivity index (χ0) is 12.5. The van der Waals surface area contributed by atoms with Crippen LogP contribution in [0.15, 0.2) is 0 Å². The van der Waals surface area contributed by atoms with Gasteiger partial charge in [0.25, 0.3) is 5.91 Å². The van der Waals surface area contributed by atoms with E-state index >= 15 is 0 Å². The predicted octanol–water partition coefficient (Wildman–Crippen LogP) is 0.502. The van der Waals surface area contributed by atoms with Crippen molar-refractivity contribution in [3.05, 3.63) is 10.6 Å². The molecule has 1 aromatic rings.